The van der Waals surface area contributed by atoms with Crippen LogP contribution in [0.5, 0.6) is 0 Å². The first-order chi connectivity index (χ1) is 18.7. The molecule has 0 aromatic heterocycles. The molecular weight excluding hydrogens is 552 g/mol. The SMILES string of the molecule is CC(=O)OC[C@H]1O[C@@H]2NC(=NC[C@H]3O[C@@H]4OC(C)(C)O[C@@H]4[C@H]4OC(C)(C)O[C@H]43)S[C@@H]2[C@@H](OC(C)=O)[C@@H]1OC(C)=O. The fourth-order valence-electron chi connectivity index (χ4n) is 5.53. The molecule has 0 spiro atoms. The summed E-state index contributed by atoms with van der Waals surface area (Å²) in [5, 5.41) is 3.21. The van der Waals surface area contributed by atoms with E-state index in [0.29, 0.717) is 5.17 Å². The van der Waals surface area contributed by atoms with Gasteiger partial charge in [-0.05, 0) is 27.7 Å². The second kappa shape index (κ2) is 11.0. The van der Waals surface area contributed by atoms with Crippen molar-refractivity contribution in [3.8, 4) is 0 Å². The van der Waals surface area contributed by atoms with Crippen LogP contribution < -0.4 is 5.32 Å². The number of hydrogen-bond donors (Lipinski definition) is 1. The maximum Gasteiger partial charge on any atom is 0.303 e. The number of thioether (sulfide) groups is 1. The molecule has 5 aliphatic rings. The summed E-state index contributed by atoms with van der Waals surface area (Å²) in [5.74, 6) is -3.34. The van der Waals surface area contributed by atoms with Gasteiger partial charge in [0.05, 0.1) is 11.8 Å². The molecule has 5 rings (SSSR count). The van der Waals surface area contributed by atoms with E-state index in [1.165, 1.54) is 32.5 Å². The van der Waals surface area contributed by atoms with E-state index in [9.17, 15) is 14.4 Å². The highest BCUT2D eigenvalue weighted by Crippen LogP contribution is 2.44. The highest BCUT2D eigenvalue weighted by Gasteiger charge is 2.61. The zero-order chi connectivity index (χ0) is 29.0. The van der Waals surface area contributed by atoms with Gasteiger partial charge in [0.2, 0.25) is 0 Å². The first-order valence-electron chi connectivity index (χ1n) is 13.2. The fraction of sp³-hybridized carbons (Fsp3) is 0.840. The average Bonchev–Trinajstić information content (AvgIpc) is 3.48. The molecule has 5 heterocycles. The van der Waals surface area contributed by atoms with Crippen LogP contribution in [0.3, 0.4) is 0 Å². The van der Waals surface area contributed by atoms with Crippen molar-refractivity contribution in [2.45, 2.75) is 121 Å². The van der Waals surface area contributed by atoms with E-state index in [4.69, 9.17) is 47.6 Å². The molecule has 224 valence electrons. The largest absolute Gasteiger partial charge is 0.463 e. The molecule has 5 fully saturated rings. The van der Waals surface area contributed by atoms with Crippen LogP contribution in [0, 0.1) is 0 Å². The van der Waals surface area contributed by atoms with Crippen molar-refractivity contribution in [3.05, 3.63) is 0 Å². The molecule has 40 heavy (non-hydrogen) atoms. The maximum atomic E-state index is 12.0. The molecule has 0 amide bonds. The molecule has 1 N–H and O–H groups in total. The van der Waals surface area contributed by atoms with Crippen molar-refractivity contribution < 1.29 is 57.0 Å². The van der Waals surface area contributed by atoms with Crippen molar-refractivity contribution in [1.29, 1.82) is 0 Å². The molecule has 10 atom stereocenters. The smallest absolute Gasteiger partial charge is 0.303 e. The van der Waals surface area contributed by atoms with Crippen LogP contribution in [0.1, 0.15) is 48.5 Å². The molecule has 5 aliphatic heterocycles. The van der Waals surface area contributed by atoms with Crippen molar-refractivity contribution in [2.24, 2.45) is 4.99 Å². The van der Waals surface area contributed by atoms with E-state index in [2.05, 4.69) is 5.32 Å². The maximum absolute atomic E-state index is 12.0. The van der Waals surface area contributed by atoms with E-state index in [1.807, 2.05) is 27.7 Å². The topological polar surface area (TPSA) is 159 Å². The summed E-state index contributed by atoms with van der Waals surface area (Å²) in [6.07, 6.45) is -5.87. The third kappa shape index (κ3) is 6.25. The Morgan fingerprint density at radius 2 is 1.45 bits per heavy atom. The third-order valence-corrected chi connectivity index (χ3v) is 8.13. The van der Waals surface area contributed by atoms with Gasteiger partial charge in [0.15, 0.2) is 35.2 Å². The Morgan fingerprint density at radius 1 is 0.825 bits per heavy atom. The van der Waals surface area contributed by atoms with Gasteiger partial charge in [-0.1, -0.05) is 11.8 Å². The number of fused-ring (bicyclic) bond motifs is 4. The van der Waals surface area contributed by atoms with Crippen molar-refractivity contribution in [1.82, 2.24) is 5.32 Å². The van der Waals surface area contributed by atoms with Crippen LogP contribution in [0.2, 0.25) is 0 Å². The summed E-state index contributed by atoms with van der Waals surface area (Å²) in [4.78, 5) is 40.1. The van der Waals surface area contributed by atoms with Gasteiger partial charge in [-0.2, -0.15) is 0 Å². The monoisotopic (exact) mass is 588 g/mol. The molecule has 0 saturated carbocycles. The van der Waals surface area contributed by atoms with Gasteiger partial charge in [0.1, 0.15) is 43.4 Å². The summed E-state index contributed by atoms with van der Waals surface area (Å²) in [6.45, 7) is 11.1. The summed E-state index contributed by atoms with van der Waals surface area (Å²) in [7, 11) is 0. The molecule has 0 aromatic rings. The van der Waals surface area contributed by atoms with E-state index in [1.54, 1.807) is 0 Å². The van der Waals surface area contributed by atoms with Crippen LogP contribution in [0.25, 0.3) is 0 Å². The highest BCUT2D eigenvalue weighted by molar-refractivity contribution is 8.14. The van der Waals surface area contributed by atoms with Gasteiger partial charge in [0.25, 0.3) is 0 Å². The number of hydrogen-bond acceptors (Lipinski definition) is 14. The molecule has 15 heteroatoms. The third-order valence-electron chi connectivity index (χ3n) is 6.87. The van der Waals surface area contributed by atoms with Crippen LogP contribution >= 0.6 is 11.8 Å². The van der Waals surface area contributed by atoms with Crippen LogP contribution in [0.15, 0.2) is 4.99 Å². The van der Waals surface area contributed by atoms with Gasteiger partial charge >= 0.3 is 17.9 Å². The molecular formula is C25H36N2O12S. The molecule has 14 nitrogen and oxygen atoms in total. The number of aliphatic imine (C=N–C) groups is 1. The zero-order valence-electron chi connectivity index (χ0n) is 23.4. The van der Waals surface area contributed by atoms with Crippen LogP contribution in [0.4, 0.5) is 0 Å². The fourth-order valence-corrected chi connectivity index (χ4v) is 6.73. The first-order valence-corrected chi connectivity index (χ1v) is 14.1. The normalized spacial score (nSPS) is 41.8. The molecule has 0 radical (unpaired) electrons. The lowest BCUT2D eigenvalue weighted by Gasteiger charge is -2.41. The van der Waals surface area contributed by atoms with E-state index in [-0.39, 0.29) is 13.2 Å². The minimum Gasteiger partial charge on any atom is -0.463 e. The van der Waals surface area contributed by atoms with E-state index in [0.717, 1.165) is 0 Å². The number of carbonyl (C=O) groups is 3. The van der Waals surface area contributed by atoms with Crippen LogP contribution in [-0.4, -0.2) is 108 Å². The second-order valence-corrected chi connectivity index (χ2v) is 12.3. The molecule has 0 aromatic carbocycles. The lowest BCUT2D eigenvalue weighted by Crippen LogP contribution is -2.61. The number of amidine groups is 1. The highest BCUT2D eigenvalue weighted by atomic mass is 32.2. The Labute approximate surface area is 236 Å². The summed E-state index contributed by atoms with van der Waals surface area (Å²) in [5.41, 5.74) is 0. The van der Waals surface area contributed by atoms with Gasteiger partial charge in [-0.3, -0.25) is 19.4 Å². The summed E-state index contributed by atoms with van der Waals surface area (Å²) < 4.78 is 52.9. The summed E-state index contributed by atoms with van der Waals surface area (Å²) >= 11 is 1.29. The van der Waals surface area contributed by atoms with Crippen LogP contribution in [-0.2, 0) is 57.0 Å². The Balaban J connectivity index is 1.33. The average molecular weight is 589 g/mol. The predicted octanol–water partition coefficient (Wildman–Crippen LogP) is 0.595. The molecule has 0 unspecified atom stereocenters. The standard InChI is InChI=1S/C25H36N2O12S/c1-10(28)31-9-14-15(32-11(2)29)18(33-12(3)30)20-21(34-14)27-23(40-20)26-8-13-16-17(37-24(4,5)36-16)19-22(35-13)39-25(6,7)38-19/h13-22H,8-9H2,1-7H3,(H,26,27)/t13-,14-,15-,16+,17+,18+,19-,20-,21+,22-/m1/s1. The Kier molecular flexibility index (Phi) is 8.11. The van der Waals surface area contributed by atoms with Crippen molar-refractivity contribution >= 4 is 34.8 Å². The van der Waals surface area contributed by atoms with Gasteiger partial charge in [-0.25, -0.2) is 0 Å². The van der Waals surface area contributed by atoms with Gasteiger partial charge < -0.3 is 47.9 Å². The van der Waals surface area contributed by atoms with E-state index >= 15 is 0 Å². The minimum atomic E-state index is -0.996. The number of esters is 3. The van der Waals surface area contributed by atoms with E-state index < -0.39 is 90.0 Å². The minimum absolute atomic E-state index is 0.194. The lowest BCUT2D eigenvalue weighted by atomic mass is 9.99. The zero-order valence-corrected chi connectivity index (χ0v) is 24.3. The molecule has 5 saturated heterocycles. The van der Waals surface area contributed by atoms with Crippen molar-refractivity contribution in [3.63, 3.8) is 0 Å². The number of ether oxygens (including phenoxy) is 9. The van der Waals surface area contributed by atoms with Crippen molar-refractivity contribution in [2.75, 3.05) is 13.2 Å². The quantitative estimate of drug-likeness (QED) is 0.339. The Hall–Kier alpha value is -2.01. The van der Waals surface area contributed by atoms with Gasteiger partial charge in [0, 0.05) is 20.8 Å². The second-order valence-electron chi connectivity index (χ2n) is 11.1. The molecule has 0 bridgehead atoms. The lowest BCUT2D eigenvalue weighted by molar-refractivity contribution is -0.231. The predicted molar refractivity (Wildman–Crippen MR) is 136 cm³/mol. The number of carbonyl (C=O) groups excluding carboxylic acids is 3. The first kappa shape index (κ1) is 29.5. The Morgan fingerprint density at radius 3 is 2.12 bits per heavy atom. The Bertz CT molecular complexity index is 1050. The summed E-state index contributed by atoms with van der Waals surface area (Å²) in [6, 6.07) is 0. The number of nitrogens with zero attached hydrogens (tertiary/aromatic N) is 1. The number of rotatable bonds is 6. The molecule has 0 aliphatic carbocycles. The van der Waals surface area contributed by atoms with Gasteiger partial charge in [-0.15, -0.1) is 0 Å². The number of nitrogens with one attached hydrogen (secondary N) is 1.